The zero-order chi connectivity index (χ0) is 21.8. The van der Waals surface area contributed by atoms with Crippen molar-refractivity contribution in [1.82, 2.24) is 9.62 Å². The second kappa shape index (κ2) is 9.88. The molecule has 2 bridgehead atoms. The van der Waals surface area contributed by atoms with E-state index in [1.807, 2.05) is 17.0 Å². The maximum atomic E-state index is 13.0. The molecule has 31 heavy (non-hydrogen) atoms. The van der Waals surface area contributed by atoms with Crippen molar-refractivity contribution < 1.29 is 22.7 Å². The summed E-state index contributed by atoms with van der Waals surface area (Å²) < 4.78 is 39.0. The number of ether oxygens (including phenoxy) is 2. The number of sulfonamides is 1. The zero-order valence-electron chi connectivity index (χ0n) is 18.3. The average Bonchev–Trinajstić information content (AvgIpc) is 2.75. The molecule has 3 heterocycles. The van der Waals surface area contributed by atoms with E-state index in [9.17, 15) is 13.2 Å². The van der Waals surface area contributed by atoms with Gasteiger partial charge in [-0.1, -0.05) is 18.2 Å². The Kier molecular flexibility index (Phi) is 7.19. The molecule has 1 aromatic carbocycles. The van der Waals surface area contributed by atoms with Gasteiger partial charge in [0.1, 0.15) is 5.75 Å². The van der Waals surface area contributed by atoms with E-state index in [0.717, 1.165) is 44.3 Å². The van der Waals surface area contributed by atoms with Crippen molar-refractivity contribution in [3.63, 3.8) is 0 Å². The van der Waals surface area contributed by atoms with E-state index in [1.165, 1.54) is 11.8 Å². The van der Waals surface area contributed by atoms with Gasteiger partial charge in [0, 0.05) is 19.0 Å². The van der Waals surface area contributed by atoms with Crippen molar-refractivity contribution in [2.45, 2.75) is 75.5 Å². The number of para-hydroxylation sites is 1. The maximum Gasteiger partial charge on any atom is 0.223 e. The molecule has 2 fully saturated rings. The number of amides is 1. The van der Waals surface area contributed by atoms with E-state index < -0.39 is 10.0 Å². The molecular formula is C23H34N2O5S. The van der Waals surface area contributed by atoms with Crippen LogP contribution in [0.1, 0.15) is 62.8 Å². The summed E-state index contributed by atoms with van der Waals surface area (Å²) in [6, 6.07) is 7.68. The lowest BCUT2D eigenvalue weighted by Gasteiger charge is -2.42. The summed E-state index contributed by atoms with van der Waals surface area (Å²) in [5.41, 5.74) is 1.26. The van der Waals surface area contributed by atoms with Crippen LogP contribution in [0.5, 0.6) is 5.75 Å². The van der Waals surface area contributed by atoms with E-state index in [4.69, 9.17) is 9.47 Å². The fourth-order valence-electron chi connectivity index (χ4n) is 5.26. The second-order valence-electron chi connectivity index (χ2n) is 9.09. The summed E-state index contributed by atoms with van der Waals surface area (Å²) in [5.74, 6) is 1.45. The summed E-state index contributed by atoms with van der Waals surface area (Å²) in [6.07, 6.45) is 7.86. The number of carbonyl (C=O) groups is 1. The molecule has 3 aliphatic heterocycles. The number of nitrogens with zero attached hydrogens (tertiary/aromatic N) is 1. The fourth-order valence-corrected chi connectivity index (χ4v) is 6.08. The Hall–Kier alpha value is -1.64. The molecule has 1 N–H and O–H groups in total. The SMILES string of the molecule is CS(=O)(=O)N[C@H]1CCCN2C(=O)CCCOc3ccccc3C3CCC(CC3)OC[C@@H]12. The molecule has 4 aliphatic rings. The smallest absolute Gasteiger partial charge is 0.223 e. The number of benzene rings is 1. The number of carbonyl (C=O) groups excluding carboxylic acids is 1. The number of piperidine rings is 1. The minimum absolute atomic E-state index is 0.0460. The van der Waals surface area contributed by atoms with Gasteiger partial charge < -0.3 is 14.4 Å². The van der Waals surface area contributed by atoms with Crippen LogP contribution in [0.2, 0.25) is 0 Å². The molecule has 7 nitrogen and oxygen atoms in total. The fraction of sp³-hybridized carbons (Fsp3) is 0.696. The number of hydrogen-bond acceptors (Lipinski definition) is 5. The first-order chi connectivity index (χ1) is 14.9. The third-order valence-corrected chi connectivity index (χ3v) is 7.52. The van der Waals surface area contributed by atoms with Crippen molar-refractivity contribution >= 4 is 15.9 Å². The lowest BCUT2D eigenvalue weighted by atomic mass is 9.82. The van der Waals surface area contributed by atoms with Gasteiger partial charge in [-0.05, 0) is 62.5 Å². The Balaban J connectivity index is 1.54. The first-order valence-electron chi connectivity index (χ1n) is 11.5. The highest BCUT2D eigenvalue weighted by Gasteiger charge is 2.37. The second-order valence-corrected chi connectivity index (χ2v) is 10.9. The van der Waals surface area contributed by atoms with Crippen molar-refractivity contribution in [1.29, 1.82) is 0 Å². The van der Waals surface area contributed by atoms with Gasteiger partial charge in [0.2, 0.25) is 15.9 Å². The summed E-state index contributed by atoms with van der Waals surface area (Å²) >= 11 is 0. The molecule has 8 heteroatoms. The van der Waals surface area contributed by atoms with Gasteiger partial charge in [-0.3, -0.25) is 4.79 Å². The van der Waals surface area contributed by atoms with Gasteiger partial charge in [0.25, 0.3) is 0 Å². The average molecular weight is 451 g/mol. The third kappa shape index (κ3) is 5.79. The molecule has 1 saturated heterocycles. The topological polar surface area (TPSA) is 84.9 Å². The number of nitrogens with one attached hydrogen (secondary N) is 1. The summed E-state index contributed by atoms with van der Waals surface area (Å²) in [4.78, 5) is 14.9. The first kappa shape index (κ1) is 22.6. The predicted octanol–water partition coefficient (Wildman–Crippen LogP) is 2.81. The van der Waals surface area contributed by atoms with Crippen molar-refractivity contribution in [3.8, 4) is 5.75 Å². The summed E-state index contributed by atoms with van der Waals surface area (Å²) in [7, 11) is -3.36. The maximum absolute atomic E-state index is 13.0. The Morgan fingerprint density at radius 3 is 2.61 bits per heavy atom. The largest absolute Gasteiger partial charge is 0.493 e. The summed E-state index contributed by atoms with van der Waals surface area (Å²) in [6.45, 7) is 1.52. The molecule has 0 radical (unpaired) electrons. The monoisotopic (exact) mass is 450 g/mol. The molecule has 2 atom stereocenters. The van der Waals surface area contributed by atoms with Crippen LogP contribution in [0.4, 0.5) is 0 Å². The Morgan fingerprint density at radius 2 is 1.84 bits per heavy atom. The molecular weight excluding hydrogens is 416 g/mol. The number of rotatable bonds is 2. The third-order valence-electron chi connectivity index (χ3n) is 6.79. The van der Waals surface area contributed by atoms with E-state index in [0.29, 0.717) is 38.5 Å². The highest BCUT2D eigenvalue weighted by atomic mass is 32.2. The van der Waals surface area contributed by atoms with Crippen molar-refractivity contribution in [2.75, 3.05) is 26.0 Å². The van der Waals surface area contributed by atoms with Gasteiger partial charge >= 0.3 is 0 Å². The van der Waals surface area contributed by atoms with Crippen LogP contribution in [0.15, 0.2) is 24.3 Å². The van der Waals surface area contributed by atoms with E-state index in [-0.39, 0.29) is 24.1 Å². The van der Waals surface area contributed by atoms with E-state index >= 15 is 0 Å². The molecule has 1 aliphatic carbocycles. The van der Waals surface area contributed by atoms with Gasteiger partial charge in [-0.15, -0.1) is 0 Å². The van der Waals surface area contributed by atoms with Crippen LogP contribution in [0.3, 0.4) is 0 Å². The minimum atomic E-state index is -3.36. The van der Waals surface area contributed by atoms with Crippen molar-refractivity contribution in [3.05, 3.63) is 29.8 Å². The first-order valence-corrected chi connectivity index (χ1v) is 13.4. The quantitative estimate of drug-likeness (QED) is 0.749. The molecule has 1 amide bonds. The van der Waals surface area contributed by atoms with E-state index in [1.54, 1.807) is 0 Å². The molecule has 1 aromatic rings. The Labute approximate surface area is 185 Å². The highest BCUT2D eigenvalue weighted by Crippen LogP contribution is 2.38. The van der Waals surface area contributed by atoms with Crippen LogP contribution in [0, 0.1) is 0 Å². The highest BCUT2D eigenvalue weighted by molar-refractivity contribution is 7.88. The number of hydrogen-bond donors (Lipinski definition) is 1. The molecule has 0 unspecified atom stereocenters. The van der Waals surface area contributed by atoms with Crippen LogP contribution >= 0.6 is 0 Å². The minimum Gasteiger partial charge on any atom is -0.493 e. The molecule has 5 rings (SSSR count). The molecule has 0 spiro atoms. The van der Waals surface area contributed by atoms with Crippen LogP contribution in [-0.4, -0.2) is 63.4 Å². The van der Waals surface area contributed by atoms with Crippen LogP contribution < -0.4 is 9.46 Å². The number of fused-ring (bicyclic) bond motifs is 7. The lowest BCUT2D eigenvalue weighted by Crippen LogP contribution is -2.59. The van der Waals surface area contributed by atoms with Gasteiger partial charge in [-0.25, -0.2) is 13.1 Å². The predicted molar refractivity (Wildman–Crippen MR) is 119 cm³/mol. The summed E-state index contributed by atoms with van der Waals surface area (Å²) in [5, 5.41) is 0. The molecule has 1 saturated carbocycles. The lowest BCUT2D eigenvalue weighted by molar-refractivity contribution is -0.138. The molecule has 0 aromatic heterocycles. The Morgan fingerprint density at radius 1 is 1.06 bits per heavy atom. The van der Waals surface area contributed by atoms with E-state index in [2.05, 4.69) is 16.9 Å². The van der Waals surface area contributed by atoms with Crippen LogP contribution in [-0.2, 0) is 19.6 Å². The van der Waals surface area contributed by atoms with Gasteiger partial charge in [0.05, 0.1) is 31.6 Å². The van der Waals surface area contributed by atoms with Crippen molar-refractivity contribution in [2.24, 2.45) is 0 Å². The standard InChI is InChI=1S/C23H34N2O5S/c1-31(27,28)24-20-7-4-14-25-21(20)16-30-18-12-10-17(11-13-18)19-6-2-3-8-22(19)29-15-5-9-23(25)26/h2-3,6,8,17-18,20-21,24H,4-5,7,9-16H2,1H3/t17?,18?,20-,21-/m0/s1. The molecule has 172 valence electrons. The van der Waals surface area contributed by atoms with Gasteiger partial charge in [-0.2, -0.15) is 0 Å². The van der Waals surface area contributed by atoms with Crippen LogP contribution in [0.25, 0.3) is 0 Å². The van der Waals surface area contributed by atoms with Gasteiger partial charge in [0.15, 0.2) is 0 Å². The zero-order valence-corrected chi connectivity index (χ0v) is 19.1. The normalized spacial score (nSPS) is 30.5. The Bertz CT molecular complexity index is 866.